The first-order valence-corrected chi connectivity index (χ1v) is 11.1. The Balaban J connectivity index is 1.46. The van der Waals surface area contributed by atoms with E-state index in [0.29, 0.717) is 24.4 Å². The molecule has 2 aliphatic rings. The molecule has 0 radical (unpaired) electrons. The largest absolute Gasteiger partial charge is 0.345 e. The number of carbonyl (C=O) groups excluding carboxylic acids is 1. The number of piperidine rings is 2. The second-order valence-electron chi connectivity index (χ2n) is 9.12. The van der Waals surface area contributed by atoms with Crippen molar-refractivity contribution in [1.82, 2.24) is 14.4 Å². The summed E-state index contributed by atoms with van der Waals surface area (Å²) in [6, 6.07) is 9.55. The molecule has 2 unspecified atom stereocenters. The summed E-state index contributed by atoms with van der Waals surface area (Å²) in [5.74, 6) is 0.889. The van der Waals surface area contributed by atoms with Crippen molar-refractivity contribution >= 4 is 16.8 Å². The average molecular weight is 382 g/mol. The number of hydrogen-bond donors (Lipinski definition) is 0. The van der Waals surface area contributed by atoms with Crippen molar-refractivity contribution in [2.45, 2.75) is 64.5 Å². The van der Waals surface area contributed by atoms with E-state index < -0.39 is 0 Å². The molecule has 1 aromatic carbocycles. The van der Waals surface area contributed by atoms with Crippen molar-refractivity contribution in [3.05, 3.63) is 36.0 Å². The van der Waals surface area contributed by atoms with Crippen LogP contribution in [0, 0.1) is 5.92 Å². The molecule has 4 rings (SSSR count). The Bertz CT molecular complexity index is 822. The van der Waals surface area contributed by atoms with E-state index in [-0.39, 0.29) is 5.91 Å². The molecule has 0 aliphatic carbocycles. The number of hydrogen-bond acceptors (Lipinski definition) is 2. The molecule has 0 saturated carbocycles. The lowest BCUT2D eigenvalue weighted by Gasteiger charge is -2.45. The standard InChI is InChI=1S/C24H35N3O/c1-18(2)27-17-20(21-10-4-5-12-23(21)27)15-24(28)25(3)16-19-9-8-14-26-13-7-6-11-22(19)26/h4-5,10,12,17-19,22H,6-9,11,13-16H2,1-3H3. The third kappa shape index (κ3) is 3.84. The Morgan fingerprint density at radius 1 is 1.14 bits per heavy atom. The predicted octanol–water partition coefficient (Wildman–Crippen LogP) is 4.49. The SMILES string of the molecule is CC(C)n1cc(CC(=O)N(C)CC2CCCN3CCCCC23)c2ccccc21. The maximum atomic E-state index is 13.1. The van der Waals surface area contributed by atoms with Gasteiger partial charge in [0.15, 0.2) is 0 Å². The Kier molecular flexibility index (Phi) is 5.77. The molecular formula is C24H35N3O. The highest BCUT2D eigenvalue weighted by Crippen LogP contribution is 2.31. The fourth-order valence-electron chi connectivity index (χ4n) is 5.39. The summed E-state index contributed by atoms with van der Waals surface area (Å²) in [7, 11) is 2.01. The molecule has 3 heterocycles. The van der Waals surface area contributed by atoms with Gasteiger partial charge in [-0.25, -0.2) is 0 Å². The van der Waals surface area contributed by atoms with Crippen LogP contribution in [0.15, 0.2) is 30.5 Å². The summed E-state index contributed by atoms with van der Waals surface area (Å²) in [6.45, 7) is 7.82. The molecule has 1 amide bonds. The topological polar surface area (TPSA) is 28.5 Å². The zero-order valence-electron chi connectivity index (χ0n) is 17.7. The first-order chi connectivity index (χ1) is 13.5. The highest BCUT2D eigenvalue weighted by Gasteiger charge is 2.34. The van der Waals surface area contributed by atoms with Crippen LogP contribution in [0.5, 0.6) is 0 Å². The zero-order chi connectivity index (χ0) is 19.7. The van der Waals surface area contributed by atoms with Gasteiger partial charge in [0.2, 0.25) is 5.91 Å². The van der Waals surface area contributed by atoms with E-state index >= 15 is 0 Å². The number of likely N-dealkylation sites (N-methyl/N-ethyl adjacent to an activating group) is 1. The third-order valence-corrected chi connectivity index (χ3v) is 6.88. The summed E-state index contributed by atoms with van der Waals surface area (Å²) >= 11 is 0. The van der Waals surface area contributed by atoms with Gasteiger partial charge in [0.05, 0.1) is 6.42 Å². The molecule has 28 heavy (non-hydrogen) atoms. The number of aromatic nitrogens is 1. The van der Waals surface area contributed by atoms with Crippen molar-refractivity contribution in [2.75, 3.05) is 26.7 Å². The molecule has 0 spiro atoms. The van der Waals surface area contributed by atoms with Crippen molar-refractivity contribution in [3.63, 3.8) is 0 Å². The van der Waals surface area contributed by atoms with Crippen molar-refractivity contribution in [2.24, 2.45) is 5.92 Å². The lowest BCUT2D eigenvalue weighted by atomic mass is 9.83. The minimum Gasteiger partial charge on any atom is -0.345 e. The van der Waals surface area contributed by atoms with Gasteiger partial charge in [-0.3, -0.25) is 4.79 Å². The van der Waals surface area contributed by atoms with Crippen LogP contribution in [0.2, 0.25) is 0 Å². The Hall–Kier alpha value is -1.81. The van der Waals surface area contributed by atoms with E-state index in [9.17, 15) is 4.79 Å². The van der Waals surface area contributed by atoms with E-state index in [2.05, 4.69) is 53.8 Å². The van der Waals surface area contributed by atoms with E-state index in [1.165, 1.54) is 56.1 Å². The number of nitrogens with zero attached hydrogens (tertiary/aromatic N) is 3. The second-order valence-corrected chi connectivity index (χ2v) is 9.12. The molecule has 4 nitrogen and oxygen atoms in total. The maximum absolute atomic E-state index is 13.1. The minimum absolute atomic E-state index is 0.250. The van der Waals surface area contributed by atoms with Gasteiger partial charge in [-0.05, 0) is 70.2 Å². The van der Waals surface area contributed by atoms with Gasteiger partial charge in [0, 0.05) is 42.8 Å². The van der Waals surface area contributed by atoms with Gasteiger partial charge in [-0.1, -0.05) is 24.6 Å². The highest BCUT2D eigenvalue weighted by atomic mass is 16.2. The van der Waals surface area contributed by atoms with E-state index in [1.54, 1.807) is 0 Å². The average Bonchev–Trinajstić information content (AvgIpc) is 3.07. The molecule has 0 N–H and O–H groups in total. The molecule has 1 aromatic heterocycles. The fourth-order valence-corrected chi connectivity index (χ4v) is 5.39. The van der Waals surface area contributed by atoms with Crippen LogP contribution in [-0.2, 0) is 11.2 Å². The van der Waals surface area contributed by atoms with Crippen LogP contribution in [0.3, 0.4) is 0 Å². The summed E-state index contributed by atoms with van der Waals surface area (Å²) in [5.41, 5.74) is 2.39. The highest BCUT2D eigenvalue weighted by molar-refractivity contribution is 5.89. The number of para-hydroxylation sites is 1. The van der Waals surface area contributed by atoms with Gasteiger partial charge in [0.1, 0.15) is 0 Å². The summed E-state index contributed by atoms with van der Waals surface area (Å²) in [6.07, 6.45) is 9.25. The minimum atomic E-state index is 0.250. The fraction of sp³-hybridized carbons (Fsp3) is 0.625. The normalized spacial score (nSPS) is 23.1. The first kappa shape index (κ1) is 19.5. The molecule has 2 fully saturated rings. The van der Waals surface area contributed by atoms with Crippen LogP contribution < -0.4 is 0 Å². The molecule has 152 valence electrons. The van der Waals surface area contributed by atoms with Crippen LogP contribution in [0.1, 0.15) is 57.6 Å². The van der Waals surface area contributed by atoms with Gasteiger partial charge in [-0.2, -0.15) is 0 Å². The first-order valence-electron chi connectivity index (χ1n) is 11.1. The van der Waals surface area contributed by atoms with Crippen LogP contribution in [-0.4, -0.2) is 53.0 Å². The van der Waals surface area contributed by atoms with Crippen molar-refractivity contribution < 1.29 is 4.79 Å². The summed E-state index contributed by atoms with van der Waals surface area (Å²) < 4.78 is 2.29. The monoisotopic (exact) mass is 381 g/mol. The Labute approximate surface area is 169 Å². The molecular weight excluding hydrogens is 346 g/mol. The van der Waals surface area contributed by atoms with Gasteiger partial charge in [0.25, 0.3) is 0 Å². The van der Waals surface area contributed by atoms with Crippen LogP contribution in [0.25, 0.3) is 10.9 Å². The van der Waals surface area contributed by atoms with Gasteiger partial charge in [-0.15, -0.1) is 0 Å². The quantitative estimate of drug-likeness (QED) is 0.763. The number of amides is 1. The maximum Gasteiger partial charge on any atom is 0.226 e. The number of benzene rings is 1. The molecule has 2 atom stereocenters. The lowest BCUT2D eigenvalue weighted by molar-refractivity contribution is -0.130. The van der Waals surface area contributed by atoms with Crippen molar-refractivity contribution in [1.29, 1.82) is 0 Å². The van der Waals surface area contributed by atoms with Crippen LogP contribution >= 0.6 is 0 Å². The van der Waals surface area contributed by atoms with E-state index in [1.807, 2.05) is 11.9 Å². The molecule has 2 saturated heterocycles. The lowest BCUT2D eigenvalue weighted by Crippen LogP contribution is -2.51. The second kappa shape index (κ2) is 8.28. The predicted molar refractivity (Wildman–Crippen MR) is 116 cm³/mol. The molecule has 4 heteroatoms. The van der Waals surface area contributed by atoms with Gasteiger partial charge >= 0.3 is 0 Å². The van der Waals surface area contributed by atoms with E-state index in [4.69, 9.17) is 0 Å². The van der Waals surface area contributed by atoms with Crippen LogP contribution in [0.4, 0.5) is 0 Å². The zero-order valence-corrected chi connectivity index (χ0v) is 17.7. The van der Waals surface area contributed by atoms with Crippen molar-refractivity contribution in [3.8, 4) is 0 Å². The Morgan fingerprint density at radius 2 is 1.93 bits per heavy atom. The molecule has 2 aliphatic heterocycles. The van der Waals surface area contributed by atoms with Gasteiger partial charge < -0.3 is 14.4 Å². The Morgan fingerprint density at radius 3 is 2.75 bits per heavy atom. The molecule has 0 bridgehead atoms. The number of fused-ring (bicyclic) bond motifs is 2. The summed E-state index contributed by atoms with van der Waals surface area (Å²) in [5, 5.41) is 1.22. The third-order valence-electron chi connectivity index (χ3n) is 6.88. The molecule has 2 aromatic rings. The smallest absolute Gasteiger partial charge is 0.226 e. The van der Waals surface area contributed by atoms with E-state index in [0.717, 1.165) is 12.1 Å². The number of rotatable bonds is 5. The number of carbonyl (C=O) groups is 1. The summed E-state index contributed by atoms with van der Waals surface area (Å²) in [4.78, 5) is 17.8.